The van der Waals surface area contributed by atoms with Gasteiger partial charge in [0.25, 0.3) is 5.91 Å². The highest BCUT2D eigenvalue weighted by Gasteiger charge is 2.20. The minimum absolute atomic E-state index is 0.0295. The molecule has 0 heterocycles. The lowest BCUT2D eigenvalue weighted by molar-refractivity contribution is -0.0499. The van der Waals surface area contributed by atoms with Crippen LogP contribution in [0, 0.1) is 0 Å². The Balaban J connectivity index is 2.10. The molecule has 1 amide bonds. The van der Waals surface area contributed by atoms with Crippen LogP contribution in [-0.4, -0.2) is 18.6 Å². The van der Waals surface area contributed by atoms with Crippen LogP contribution in [0.5, 0.6) is 5.75 Å². The smallest absolute Gasteiger partial charge is 0.387 e. The molecule has 0 aromatic heterocycles. The Bertz CT molecular complexity index is 450. The first kappa shape index (κ1) is 13.3. The molecule has 0 bridgehead atoms. The van der Waals surface area contributed by atoms with Crippen LogP contribution in [-0.2, 0) is 0 Å². The van der Waals surface area contributed by atoms with E-state index in [1.165, 1.54) is 12.1 Å². The first-order valence-corrected chi connectivity index (χ1v) is 6.40. The van der Waals surface area contributed by atoms with Gasteiger partial charge in [-0.1, -0.05) is 15.9 Å². The average Bonchev–Trinajstić information content (AvgIpc) is 2.21. The summed E-state index contributed by atoms with van der Waals surface area (Å²) in [6.07, 6.45) is 3.06. The van der Waals surface area contributed by atoms with Gasteiger partial charge in [-0.05, 0) is 37.5 Å². The van der Waals surface area contributed by atoms with E-state index in [1.807, 2.05) is 0 Å². The number of hydrogen-bond acceptors (Lipinski definition) is 2. The summed E-state index contributed by atoms with van der Waals surface area (Å²) in [6, 6.07) is 4.49. The maximum absolute atomic E-state index is 12.1. The van der Waals surface area contributed by atoms with Crippen molar-refractivity contribution >= 4 is 21.8 Å². The summed E-state index contributed by atoms with van der Waals surface area (Å²) in [5.41, 5.74) is 0.312. The van der Waals surface area contributed by atoms with E-state index in [1.54, 1.807) is 6.07 Å². The molecule has 6 heteroatoms. The Morgan fingerprint density at radius 2 is 2.11 bits per heavy atom. The molecule has 0 atom stereocenters. The van der Waals surface area contributed by atoms with Crippen molar-refractivity contribution in [2.75, 3.05) is 0 Å². The van der Waals surface area contributed by atoms with Crippen molar-refractivity contribution in [3.63, 3.8) is 0 Å². The molecule has 0 radical (unpaired) electrons. The number of ether oxygens (including phenoxy) is 1. The zero-order chi connectivity index (χ0) is 13.1. The first-order valence-electron chi connectivity index (χ1n) is 5.61. The molecule has 0 unspecified atom stereocenters. The van der Waals surface area contributed by atoms with E-state index in [2.05, 4.69) is 26.0 Å². The van der Waals surface area contributed by atoms with Gasteiger partial charge in [0.15, 0.2) is 0 Å². The van der Waals surface area contributed by atoms with Gasteiger partial charge in [-0.2, -0.15) is 8.78 Å². The largest absolute Gasteiger partial charge is 0.435 e. The quantitative estimate of drug-likeness (QED) is 0.924. The number of rotatable bonds is 4. The van der Waals surface area contributed by atoms with E-state index in [-0.39, 0.29) is 17.7 Å². The molecule has 2 rings (SSSR count). The second-order valence-electron chi connectivity index (χ2n) is 4.16. The molecule has 1 N–H and O–H groups in total. The standard InChI is InChI=1S/C12H12BrF2NO2/c13-8-4-7(5-10(6-8)18-12(14)15)11(17)16-9-2-1-3-9/h4-6,9,12H,1-3H2,(H,16,17). The van der Waals surface area contributed by atoms with Gasteiger partial charge < -0.3 is 10.1 Å². The summed E-state index contributed by atoms with van der Waals surface area (Å²) < 4.78 is 29.1. The lowest BCUT2D eigenvalue weighted by atomic mass is 9.93. The number of halogens is 3. The van der Waals surface area contributed by atoms with Crippen LogP contribution in [0.3, 0.4) is 0 Å². The predicted molar refractivity (Wildman–Crippen MR) is 65.9 cm³/mol. The van der Waals surface area contributed by atoms with E-state index >= 15 is 0 Å². The van der Waals surface area contributed by atoms with Crippen molar-refractivity contribution in [2.45, 2.75) is 31.9 Å². The van der Waals surface area contributed by atoms with Crippen molar-refractivity contribution in [1.29, 1.82) is 0 Å². The summed E-state index contributed by atoms with van der Waals surface area (Å²) in [5, 5.41) is 2.84. The number of hydrogen-bond donors (Lipinski definition) is 1. The van der Waals surface area contributed by atoms with Gasteiger partial charge in [0.1, 0.15) is 5.75 Å². The van der Waals surface area contributed by atoms with E-state index < -0.39 is 6.61 Å². The van der Waals surface area contributed by atoms with Gasteiger partial charge in [-0.15, -0.1) is 0 Å². The van der Waals surface area contributed by atoms with E-state index in [0.717, 1.165) is 19.3 Å². The molecule has 98 valence electrons. The van der Waals surface area contributed by atoms with E-state index in [4.69, 9.17) is 0 Å². The number of benzene rings is 1. The lowest BCUT2D eigenvalue weighted by Gasteiger charge is -2.26. The topological polar surface area (TPSA) is 38.3 Å². The number of nitrogens with one attached hydrogen (secondary N) is 1. The summed E-state index contributed by atoms with van der Waals surface area (Å²) in [5.74, 6) is -0.293. The van der Waals surface area contributed by atoms with Crippen molar-refractivity contribution in [2.24, 2.45) is 0 Å². The van der Waals surface area contributed by atoms with Crippen LogP contribution >= 0.6 is 15.9 Å². The summed E-state index contributed by atoms with van der Waals surface area (Å²) in [7, 11) is 0. The molecule has 1 aromatic carbocycles. The predicted octanol–water partition coefficient (Wildman–Crippen LogP) is 3.33. The van der Waals surface area contributed by atoms with Crippen LogP contribution in [0.4, 0.5) is 8.78 Å². The van der Waals surface area contributed by atoms with Crippen LogP contribution < -0.4 is 10.1 Å². The van der Waals surface area contributed by atoms with Crippen LogP contribution in [0.1, 0.15) is 29.6 Å². The molecule has 1 aliphatic rings. The van der Waals surface area contributed by atoms with Crippen molar-refractivity contribution in [3.05, 3.63) is 28.2 Å². The van der Waals surface area contributed by atoms with E-state index in [9.17, 15) is 13.6 Å². The summed E-state index contributed by atoms with van der Waals surface area (Å²) in [6.45, 7) is -2.90. The maximum atomic E-state index is 12.1. The highest BCUT2D eigenvalue weighted by Crippen LogP contribution is 2.24. The number of carbonyl (C=O) groups excluding carboxylic acids is 1. The molecular formula is C12H12BrF2NO2. The molecule has 1 saturated carbocycles. The Hall–Kier alpha value is -1.17. The summed E-state index contributed by atoms with van der Waals surface area (Å²) >= 11 is 3.16. The third-order valence-electron chi connectivity index (χ3n) is 2.80. The monoisotopic (exact) mass is 319 g/mol. The van der Waals surface area contributed by atoms with Gasteiger partial charge in [-0.25, -0.2) is 0 Å². The second-order valence-corrected chi connectivity index (χ2v) is 5.07. The van der Waals surface area contributed by atoms with Crippen molar-refractivity contribution < 1.29 is 18.3 Å². The molecule has 18 heavy (non-hydrogen) atoms. The molecule has 3 nitrogen and oxygen atoms in total. The fourth-order valence-electron chi connectivity index (χ4n) is 1.69. The Morgan fingerprint density at radius 1 is 1.39 bits per heavy atom. The average molecular weight is 320 g/mol. The van der Waals surface area contributed by atoms with Crippen LogP contribution in [0.2, 0.25) is 0 Å². The van der Waals surface area contributed by atoms with Crippen molar-refractivity contribution in [3.8, 4) is 5.75 Å². The number of carbonyl (C=O) groups is 1. The molecule has 1 fully saturated rings. The van der Waals surface area contributed by atoms with Gasteiger partial charge in [0.05, 0.1) is 0 Å². The van der Waals surface area contributed by atoms with Gasteiger partial charge in [0.2, 0.25) is 0 Å². The van der Waals surface area contributed by atoms with Gasteiger partial charge in [0, 0.05) is 16.1 Å². The maximum Gasteiger partial charge on any atom is 0.387 e. The third-order valence-corrected chi connectivity index (χ3v) is 3.26. The molecule has 0 spiro atoms. The third kappa shape index (κ3) is 3.41. The van der Waals surface area contributed by atoms with Crippen molar-refractivity contribution in [1.82, 2.24) is 5.32 Å². The minimum Gasteiger partial charge on any atom is -0.435 e. The minimum atomic E-state index is -2.90. The lowest BCUT2D eigenvalue weighted by Crippen LogP contribution is -2.39. The van der Waals surface area contributed by atoms with Gasteiger partial charge in [-0.3, -0.25) is 4.79 Å². The molecule has 1 aliphatic carbocycles. The fourth-order valence-corrected chi connectivity index (χ4v) is 2.16. The van der Waals surface area contributed by atoms with Crippen LogP contribution in [0.25, 0.3) is 0 Å². The number of alkyl halides is 2. The highest BCUT2D eigenvalue weighted by molar-refractivity contribution is 9.10. The molecule has 1 aromatic rings. The van der Waals surface area contributed by atoms with Crippen LogP contribution in [0.15, 0.2) is 22.7 Å². The Kier molecular flexibility index (Phi) is 4.16. The zero-order valence-corrected chi connectivity index (χ0v) is 11.0. The molecule has 0 saturated heterocycles. The fraction of sp³-hybridized carbons (Fsp3) is 0.417. The molecule has 0 aliphatic heterocycles. The molecular weight excluding hydrogens is 308 g/mol. The normalized spacial score (nSPS) is 15.3. The first-order chi connectivity index (χ1) is 8.54. The SMILES string of the molecule is O=C(NC1CCC1)c1cc(Br)cc(OC(F)F)c1. The second kappa shape index (κ2) is 5.65. The zero-order valence-electron chi connectivity index (χ0n) is 9.46. The van der Waals surface area contributed by atoms with E-state index in [0.29, 0.717) is 10.0 Å². The highest BCUT2D eigenvalue weighted by atomic mass is 79.9. The number of amides is 1. The van der Waals surface area contributed by atoms with Gasteiger partial charge >= 0.3 is 6.61 Å². The Morgan fingerprint density at radius 3 is 2.67 bits per heavy atom. The summed E-state index contributed by atoms with van der Waals surface area (Å²) in [4.78, 5) is 11.9. The Labute approximate surface area is 112 Å².